The molecule has 0 aromatic heterocycles. The number of carbonyl (C=O) groups excluding carboxylic acids is 1. The first-order valence-corrected chi connectivity index (χ1v) is 8.25. The molecule has 128 valence electrons. The average Bonchev–Trinajstić information content (AvgIpc) is 2.87. The van der Waals surface area contributed by atoms with Crippen molar-refractivity contribution >= 4 is 17.6 Å². The van der Waals surface area contributed by atoms with Crippen molar-refractivity contribution < 1.29 is 24.5 Å². The second kappa shape index (κ2) is 4.93. The number of carbonyl (C=O) groups is 1. The van der Waals surface area contributed by atoms with Crippen LogP contribution in [0.15, 0.2) is 54.6 Å². The molecule has 3 aromatic carbocycles. The van der Waals surface area contributed by atoms with Crippen LogP contribution in [0, 0.1) is 0 Å². The van der Waals surface area contributed by atoms with Gasteiger partial charge in [-0.15, -0.1) is 0 Å². The van der Waals surface area contributed by atoms with Gasteiger partial charge < -0.3 is 19.7 Å². The third kappa shape index (κ3) is 1.83. The van der Waals surface area contributed by atoms with Crippen LogP contribution in [0.3, 0.4) is 0 Å². The van der Waals surface area contributed by atoms with Crippen molar-refractivity contribution in [1.29, 1.82) is 0 Å². The summed E-state index contributed by atoms with van der Waals surface area (Å²) < 4.78 is 11.8. The highest BCUT2D eigenvalue weighted by Crippen LogP contribution is 2.57. The minimum absolute atomic E-state index is 0.0168. The Balaban J connectivity index is 1.90. The van der Waals surface area contributed by atoms with Crippen LogP contribution in [0.2, 0.25) is 5.02 Å². The van der Waals surface area contributed by atoms with E-state index < -0.39 is 11.6 Å². The molecule has 0 bridgehead atoms. The average molecular weight is 367 g/mol. The van der Waals surface area contributed by atoms with E-state index in [4.69, 9.17) is 21.1 Å². The zero-order valence-corrected chi connectivity index (χ0v) is 13.9. The standard InChI is InChI=1S/C20H11ClO5/c21-10-1-4-14-13(7-10)19(24)26-20(14)15-5-2-11(22)8-17(15)25-18-9-12(23)3-6-16(18)20/h1-9,22-23H. The Morgan fingerprint density at radius 2 is 1.38 bits per heavy atom. The van der Waals surface area contributed by atoms with Crippen molar-refractivity contribution in [3.8, 4) is 23.0 Å². The number of phenolic OH excluding ortho intramolecular Hbond substituents is 2. The molecule has 0 aliphatic carbocycles. The molecular weight excluding hydrogens is 356 g/mol. The molecule has 0 fully saturated rings. The summed E-state index contributed by atoms with van der Waals surface area (Å²) in [4.78, 5) is 12.6. The second-order valence-electron chi connectivity index (χ2n) is 6.22. The van der Waals surface area contributed by atoms with Crippen molar-refractivity contribution in [1.82, 2.24) is 0 Å². The molecule has 3 aromatic rings. The van der Waals surface area contributed by atoms with Gasteiger partial charge in [-0.05, 0) is 36.4 Å². The molecule has 5 nitrogen and oxygen atoms in total. The maximum absolute atomic E-state index is 12.6. The molecule has 2 aliphatic rings. The normalized spacial score (nSPS) is 15.7. The number of aromatic hydroxyl groups is 2. The highest BCUT2D eigenvalue weighted by Gasteiger charge is 2.53. The van der Waals surface area contributed by atoms with E-state index in [0.29, 0.717) is 38.8 Å². The van der Waals surface area contributed by atoms with E-state index in [2.05, 4.69) is 0 Å². The summed E-state index contributed by atoms with van der Waals surface area (Å²) in [5.74, 6) is 0.228. The van der Waals surface area contributed by atoms with Gasteiger partial charge in [0.25, 0.3) is 0 Å². The summed E-state index contributed by atoms with van der Waals surface area (Å²) in [6, 6.07) is 14.3. The van der Waals surface area contributed by atoms with E-state index in [1.165, 1.54) is 24.3 Å². The molecule has 6 heteroatoms. The molecule has 0 atom stereocenters. The molecule has 0 radical (unpaired) electrons. The highest BCUT2D eigenvalue weighted by molar-refractivity contribution is 6.31. The first-order chi connectivity index (χ1) is 12.5. The van der Waals surface area contributed by atoms with Crippen LogP contribution in [-0.2, 0) is 10.3 Å². The highest BCUT2D eigenvalue weighted by atomic mass is 35.5. The van der Waals surface area contributed by atoms with Gasteiger partial charge in [0.15, 0.2) is 5.60 Å². The lowest BCUT2D eigenvalue weighted by Gasteiger charge is -2.36. The number of benzene rings is 3. The molecule has 2 heterocycles. The molecule has 0 amide bonds. The number of hydrogen-bond acceptors (Lipinski definition) is 5. The maximum atomic E-state index is 12.6. The number of esters is 1. The Hall–Kier alpha value is -3.18. The number of fused-ring (bicyclic) bond motifs is 6. The monoisotopic (exact) mass is 366 g/mol. The molecule has 2 aliphatic heterocycles. The third-order valence-corrected chi connectivity index (χ3v) is 4.97. The molecule has 1 spiro atoms. The summed E-state index contributed by atoms with van der Waals surface area (Å²) in [5, 5.41) is 20.1. The number of halogens is 1. The fourth-order valence-electron chi connectivity index (χ4n) is 3.68. The van der Waals surface area contributed by atoms with E-state index in [1.807, 2.05) is 0 Å². The third-order valence-electron chi connectivity index (χ3n) is 4.74. The molecule has 0 saturated carbocycles. The van der Waals surface area contributed by atoms with Crippen LogP contribution < -0.4 is 4.74 Å². The van der Waals surface area contributed by atoms with E-state index in [0.717, 1.165) is 0 Å². The van der Waals surface area contributed by atoms with Gasteiger partial charge in [-0.3, -0.25) is 0 Å². The van der Waals surface area contributed by atoms with Crippen LogP contribution >= 0.6 is 11.6 Å². The Morgan fingerprint density at radius 1 is 0.808 bits per heavy atom. The zero-order valence-electron chi connectivity index (χ0n) is 13.2. The van der Waals surface area contributed by atoms with Crippen molar-refractivity contribution in [3.05, 3.63) is 81.9 Å². The zero-order chi connectivity index (χ0) is 18.1. The lowest BCUT2D eigenvalue weighted by atomic mass is 9.77. The largest absolute Gasteiger partial charge is 0.508 e. The minimum Gasteiger partial charge on any atom is -0.508 e. The SMILES string of the molecule is O=C1OC2(c3ccc(O)cc3Oc3cc(O)ccc32)c2ccc(Cl)cc21. The van der Waals surface area contributed by atoms with Crippen LogP contribution in [0.1, 0.15) is 27.0 Å². The summed E-state index contributed by atoms with van der Waals surface area (Å²) in [7, 11) is 0. The van der Waals surface area contributed by atoms with Gasteiger partial charge in [-0.25, -0.2) is 4.79 Å². The Labute approximate surface area is 153 Å². The molecule has 26 heavy (non-hydrogen) atoms. The predicted octanol–water partition coefficient (Wildman–Crippen LogP) is 4.32. The number of rotatable bonds is 0. The summed E-state index contributed by atoms with van der Waals surface area (Å²) in [5.41, 5.74) is 0.943. The summed E-state index contributed by atoms with van der Waals surface area (Å²) >= 11 is 6.06. The van der Waals surface area contributed by atoms with E-state index in [9.17, 15) is 15.0 Å². The van der Waals surface area contributed by atoms with Crippen molar-refractivity contribution in [2.75, 3.05) is 0 Å². The van der Waals surface area contributed by atoms with Crippen molar-refractivity contribution in [2.45, 2.75) is 5.60 Å². The molecule has 5 rings (SSSR count). The topological polar surface area (TPSA) is 76.0 Å². The Bertz CT molecular complexity index is 1050. The fraction of sp³-hybridized carbons (Fsp3) is 0.0500. The van der Waals surface area contributed by atoms with Crippen molar-refractivity contribution in [2.24, 2.45) is 0 Å². The van der Waals surface area contributed by atoms with Gasteiger partial charge in [0, 0.05) is 33.8 Å². The molecule has 0 unspecified atom stereocenters. The quantitative estimate of drug-likeness (QED) is 0.579. The van der Waals surface area contributed by atoms with Gasteiger partial charge >= 0.3 is 5.97 Å². The smallest absolute Gasteiger partial charge is 0.340 e. The first kappa shape index (κ1) is 15.1. The lowest BCUT2D eigenvalue weighted by molar-refractivity contribution is 0.0224. The van der Waals surface area contributed by atoms with Crippen LogP contribution in [0.5, 0.6) is 23.0 Å². The molecule has 0 saturated heterocycles. The fourth-order valence-corrected chi connectivity index (χ4v) is 3.85. The number of hydrogen-bond donors (Lipinski definition) is 2. The Morgan fingerprint density at radius 3 is 2.00 bits per heavy atom. The predicted molar refractivity (Wildman–Crippen MR) is 93.0 cm³/mol. The lowest BCUT2D eigenvalue weighted by Crippen LogP contribution is -2.32. The van der Waals surface area contributed by atoms with Gasteiger partial charge in [-0.1, -0.05) is 17.7 Å². The van der Waals surface area contributed by atoms with Crippen molar-refractivity contribution in [3.63, 3.8) is 0 Å². The number of ether oxygens (including phenoxy) is 2. The van der Waals surface area contributed by atoms with E-state index in [1.54, 1.807) is 30.3 Å². The maximum Gasteiger partial charge on any atom is 0.340 e. The Kier molecular flexibility index (Phi) is 2.86. The summed E-state index contributed by atoms with van der Waals surface area (Å²) in [6.07, 6.45) is 0. The minimum atomic E-state index is -1.23. The van der Waals surface area contributed by atoms with E-state index >= 15 is 0 Å². The second-order valence-corrected chi connectivity index (χ2v) is 6.66. The van der Waals surface area contributed by atoms with Gasteiger partial charge in [0.1, 0.15) is 23.0 Å². The van der Waals surface area contributed by atoms with Gasteiger partial charge in [0.05, 0.1) is 5.56 Å². The van der Waals surface area contributed by atoms with Crippen LogP contribution in [0.4, 0.5) is 0 Å². The number of phenols is 2. The van der Waals surface area contributed by atoms with E-state index in [-0.39, 0.29) is 11.5 Å². The van der Waals surface area contributed by atoms with Crippen LogP contribution in [0.25, 0.3) is 0 Å². The van der Waals surface area contributed by atoms with Gasteiger partial charge in [-0.2, -0.15) is 0 Å². The first-order valence-electron chi connectivity index (χ1n) is 7.87. The molecular formula is C20H11ClO5. The molecule has 2 N–H and O–H groups in total. The summed E-state index contributed by atoms with van der Waals surface area (Å²) in [6.45, 7) is 0. The van der Waals surface area contributed by atoms with Crippen LogP contribution in [-0.4, -0.2) is 16.2 Å². The van der Waals surface area contributed by atoms with Gasteiger partial charge in [0.2, 0.25) is 0 Å².